The van der Waals surface area contributed by atoms with Crippen LogP contribution in [0.15, 0.2) is 66.7 Å². The van der Waals surface area contributed by atoms with E-state index in [-0.39, 0.29) is 11.9 Å². The third-order valence-corrected chi connectivity index (χ3v) is 7.56. The molecule has 1 aliphatic rings. The Morgan fingerprint density at radius 2 is 1.47 bits per heavy atom. The molecule has 4 rings (SSSR count). The van der Waals surface area contributed by atoms with Crippen LogP contribution in [0.1, 0.15) is 42.5 Å². The van der Waals surface area contributed by atoms with E-state index in [0.29, 0.717) is 28.1 Å². The summed E-state index contributed by atoms with van der Waals surface area (Å²) in [6.07, 6.45) is 2.32. The zero-order valence-corrected chi connectivity index (χ0v) is 22.4. The molecule has 0 saturated carbocycles. The summed E-state index contributed by atoms with van der Waals surface area (Å²) in [5.74, 6) is 1.27. The van der Waals surface area contributed by atoms with Gasteiger partial charge >= 0.3 is 0 Å². The van der Waals surface area contributed by atoms with Crippen LogP contribution in [-0.2, 0) is 10.2 Å². The molecule has 0 radical (unpaired) electrons. The first-order valence-corrected chi connectivity index (χ1v) is 12.9. The minimum absolute atomic E-state index is 0.116. The Labute approximate surface area is 223 Å². The van der Waals surface area contributed by atoms with Crippen molar-refractivity contribution >= 4 is 29.1 Å². The zero-order chi connectivity index (χ0) is 25.7. The maximum absolute atomic E-state index is 14.3. The Hall–Kier alpha value is -2.73. The molecule has 0 spiro atoms. The summed E-state index contributed by atoms with van der Waals surface area (Å²) in [7, 11) is 3.26. The van der Waals surface area contributed by atoms with E-state index in [1.807, 2.05) is 73.7 Å². The second-order valence-corrected chi connectivity index (χ2v) is 10.2. The molecule has 0 bridgehead atoms. The molecule has 1 aliphatic heterocycles. The molecule has 1 saturated heterocycles. The van der Waals surface area contributed by atoms with E-state index in [0.717, 1.165) is 42.6 Å². The number of nitrogens with zero attached hydrogens (tertiary/aromatic N) is 1. The van der Waals surface area contributed by atoms with Gasteiger partial charge in [-0.05, 0) is 80.4 Å². The molecular formula is C29H32Cl2N2O3. The normalized spacial score (nSPS) is 14.9. The van der Waals surface area contributed by atoms with E-state index in [9.17, 15) is 4.79 Å². The van der Waals surface area contributed by atoms with Gasteiger partial charge in [0, 0.05) is 28.2 Å². The van der Waals surface area contributed by atoms with Crippen LogP contribution < -0.4 is 14.8 Å². The average Bonchev–Trinajstić information content (AvgIpc) is 3.41. The van der Waals surface area contributed by atoms with Crippen molar-refractivity contribution in [3.63, 3.8) is 0 Å². The summed E-state index contributed by atoms with van der Waals surface area (Å²) < 4.78 is 11.1. The van der Waals surface area contributed by atoms with Crippen LogP contribution in [0.2, 0.25) is 10.0 Å². The predicted molar refractivity (Wildman–Crippen MR) is 145 cm³/mol. The number of carbonyl (C=O) groups is 1. The van der Waals surface area contributed by atoms with Crippen molar-refractivity contribution in [2.75, 3.05) is 33.9 Å². The number of hydrogen-bond donors (Lipinski definition) is 1. The summed E-state index contributed by atoms with van der Waals surface area (Å²) >= 11 is 12.4. The molecule has 1 fully saturated rings. The smallest absolute Gasteiger partial charge is 0.235 e. The topological polar surface area (TPSA) is 50.8 Å². The van der Waals surface area contributed by atoms with E-state index in [4.69, 9.17) is 32.7 Å². The molecule has 3 aromatic rings. The number of hydrogen-bond acceptors (Lipinski definition) is 4. The van der Waals surface area contributed by atoms with E-state index in [2.05, 4.69) is 10.2 Å². The molecule has 3 aromatic carbocycles. The molecule has 7 heteroatoms. The van der Waals surface area contributed by atoms with Crippen molar-refractivity contribution in [1.29, 1.82) is 0 Å². The Balaban J connectivity index is 1.75. The third-order valence-electron chi connectivity index (χ3n) is 7.06. The van der Waals surface area contributed by atoms with Gasteiger partial charge in [-0.1, -0.05) is 47.5 Å². The second kappa shape index (κ2) is 11.5. The monoisotopic (exact) mass is 526 g/mol. The molecular weight excluding hydrogens is 495 g/mol. The maximum Gasteiger partial charge on any atom is 0.235 e. The van der Waals surface area contributed by atoms with Gasteiger partial charge in [-0.2, -0.15) is 0 Å². The van der Waals surface area contributed by atoms with Crippen molar-refractivity contribution in [2.45, 2.75) is 31.2 Å². The molecule has 1 N–H and O–H groups in total. The van der Waals surface area contributed by atoms with Crippen LogP contribution >= 0.6 is 23.2 Å². The number of likely N-dealkylation sites (tertiary alicyclic amines) is 1. The summed E-state index contributed by atoms with van der Waals surface area (Å²) in [6, 6.07) is 20.3. The van der Waals surface area contributed by atoms with Gasteiger partial charge in [-0.25, -0.2) is 0 Å². The lowest BCUT2D eigenvalue weighted by Crippen LogP contribution is -2.47. The van der Waals surface area contributed by atoms with Crippen LogP contribution in [0.5, 0.6) is 11.5 Å². The summed E-state index contributed by atoms with van der Waals surface area (Å²) in [4.78, 5) is 16.6. The van der Waals surface area contributed by atoms with Crippen molar-refractivity contribution in [1.82, 2.24) is 10.2 Å². The molecule has 1 atom stereocenters. The molecule has 190 valence electrons. The van der Waals surface area contributed by atoms with Crippen LogP contribution in [-0.4, -0.2) is 44.7 Å². The van der Waals surface area contributed by atoms with Crippen molar-refractivity contribution in [3.8, 4) is 11.5 Å². The fraction of sp³-hybridized carbons (Fsp3) is 0.345. The first kappa shape index (κ1) is 26.3. The van der Waals surface area contributed by atoms with Gasteiger partial charge in [-0.15, -0.1) is 0 Å². The Morgan fingerprint density at radius 1 is 0.917 bits per heavy atom. The van der Waals surface area contributed by atoms with E-state index >= 15 is 0 Å². The lowest BCUT2D eigenvalue weighted by atomic mass is 9.75. The fourth-order valence-electron chi connectivity index (χ4n) is 4.85. The van der Waals surface area contributed by atoms with E-state index in [1.165, 1.54) is 0 Å². The van der Waals surface area contributed by atoms with Crippen molar-refractivity contribution in [3.05, 3.63) is 93.5 Å². The highest BCUT2D eigenvalue weighted by Crippen LogP contribution is 2.36. The Kier molecular flexibility index (Phi) is 8.45. The number of amides is 1. The maximum atomic E-state index is 14.3. The highest BCUT2D eigenvalue weighted by atomic mass is 35.5. The molecule has 0 aliphatic carbocycles. The minimum Gasteiger partial charge on any atom is -0.497 e. The summed E-state index contributed by atoms with van der Waals surface area (Å²) in [6.45, 7) is 4.64. The van der Waals surface area contributed by atoms with Crippen LogP contribution in [0.4, 0.5) is 0 Å². The Bertz CT molecular complexity index is 1130. The first-order chi connectivity index (χ1) is 17.3. The summed E-state index contributed by atoms with van der Waals surface area (Å²) in [5, 5.41) is 4.61. The van der Waals surface area contributed by atoms with Gasteiger partial charge in [0.2, 0.25) is 5.91 Å². The van der Waals surface area contributed by atoms with Crippen LogP contribution in [0, 0.1) is 0 Å². The third kappa shape index (κ3) is 5.64. The van der Waals surface area contributed by atoms with Gasteiger partial charge in [0.1, 0.15) is 11.5 Å². The second-order valence-electron chi connectivity index (χ2n) is 9.28. The van der Waals surface area contributed by atoms with Crippen molar-refractivity contribution < 1.29 is 14.3 Å². The van der Waals surface area contributed by atoms with Gasteiger partial charge in [0.05, 0.1) is 25.7 Å². The van der Waals surface area contributed by atoms with E-state index < -0.39 is 5.41 Å². The van der Waals surface area contributed by atoms with Gasteiger partial charge in [0.25, 0.3) is 0 Å². The number of methoxy groups -OCH3 is 2. The molecule has 0 unspecified atom stereocenters. The molecule has 5 nitrogen and oxygen atoms in total. The number of nitrogens with one attached hydrogen (secondary N) is 1. The largest absolute Gasteiger partial charge is 0.497 e. The molecule has 0 aromatic heterocycles. The number of rotatable bonds is 9. The molecule has 1 amide bonds. The average molecular weight is 527 g/mol. The van der Waals surface area contributed by atoms with Crippen molar-refractivity contribution in [2.24, 2.45) is 0 Å². The van der Waals surface area contributed by atoms with Crippen LogP contribution in [0.25, 0.3) is 0 Å². The Morgan fingerprint density at radius 3 is 1.97 bits per heavy atom. The molecule has 1 heterocycles. The quantitative estimate of drug-likeness (QED) is 0.357. The number of halogens is 2. The minimum atomic E-state index is -0.974. The summed E-state index contributed by atoms with van der Waals surface area (Å²) in [5.41, 5.74) is 1.62. The highest BCUT2D eigenvalue weighted by Gasteiger charge is 2.39. The SMILES string of the molecule is COc1ccc([C@@H](CN2CCCC2)NC(=O)C(C)(c2ccc(Cl)cc2)c2ccc(Cl)cc2)c(OC)c1. The zero-order valence-electron chi connectivity index (χ0n) is 20.9. The molecule has 36 heavy (non-hydrogen) atoms. The fourth-order valence-corrected chi connectivity index (χ4v) is 5.10. The highest BCUT2D eigenvalue weighted by molar-refractivity contribution is 6.30. The first-order valence-electron chi connectivity index (χ1n) is 12.1. The van der Waals surface area contributed by atoms with Gasteiger partial charge < -0.3 is 19.7 Å². The number of ether oxygens (including phenoxy) is 2. The van der Waals surface area contributed by atoms with Gasteiger partial charge in [-0.3, -0.25) is 4.79 Å². The lowest BCUT2D eigenvalue weighted by molar-refractivity contribution is -0.125. The van der Waals surface area contributed by atoms with E-state index in [1.54, 1.807) is 14.2 Å². The number of carbonyl (C=O) groups excluding carboxylic acids is 1. The predicted octanol–water partition coefficient (Wildman–Crippen LogP) is 6.27. The van der Waals surface area contributed by atoms with Crippen LogP contribution in [0.3, 0.4) is 0 Å². The number of benzene rings is 3. The standard InChI is InChI=1S/C29H32Cl2N2O3/c1-29(20-6-10-22(30)11-7-20,21-8-12-23(31)13-9-21)28(34)32-26(19-33-16-4-5-17-33)25-15-14-24(35-2)18-27(25)36-3/h6-15,18,26H,4-5,16-17,19H2,1-3H3,(H,32,34)/t26-/m1/s1. The lowest BCUT2D eigenvalue weighted by Gasteiger charge is -2.34. The van der Waals surface area contributed by atoms with Gasteiger partial charge in [0.15, 0.2) is 0 Å².